The number of aliphatic hydroxyl groups excluding tert-OH is 2. The topological polar surface area (TPSA) is 142 Å². The summed E-state index contributed by atoms with van der Waals surface area (Å²) < 4.78 is 60.0. The standard InChI is InChI=1S/C34H62O11.C16H26O2/c1-33(2,3)30-34(4,5)31-6-8-32(9-7-31)45-29-28-44-27-26-43-25-24-42-23-22-41-21-20-40-19-18-39-17-16-38-15-14-37-13-12-36-11-10-35;1-2-3-4-5-6-7-8-15-9-11-16(12-10-15)18-14-13-17/h6-9,35H,10-30H2,1-5H3;9-12,17H,2-8,13-14H2,1H3. The van der Waals surface area contributed by atoms with E-state index in [9.17, 15) is 0 Å². The van der Waals surface area contributed by atoms with Gasteiger partial charge in [0.25, 0.3) is 0 Å². The number of benzene rings is 2. The molecule has 0 radical (unpaired) electrons. The van der Waals surface area contributed by atoms with E-state index < -0.39 is 0 Å². The molecule has 63 heavy (non-hydrogen) atoms. The van der Waals surface area contributed by atoms with Gasteiger partial charge in [0.05, 0.1) is 132 Å². The molecule has 0 saturated heterocycles. The second-order valence-corrected chi connectivity index (χ2v) is 17.0. The number of hydrogen-bond donors (Lipinski definition) is 2. The molecule has 2 aromatic rings. The van der Waals surface area contributed by atoms with Crippen LogP contribution in [0.3, 0.4) is 0 Å². The Morgan fingerprint density at radius 1 is 0.381 bits per heavy atom. The van der Waals surface area contributed by atoms with Crippen molar-refractivity contribution in [3.63, 3.8) is 0 Å². The molecule has 0 aliphatic heterocycles. The van der Waals surface area contributed by atoms with Gasteiger partial charge in [-0.15, -0.1) is 0 Å². The monoisotopic (exact) mass is 897 g/mol. The van der Waals surface area contributed by atoms with E-state index in [2.05, 4.69) is 65.8 Å². The highest BCUT2D eigenvalue weighted by Gasteiger charge is 2.27. The van der Waals surface area contributed by atoms with Crippen LogP contribution in [0.1, 0.15) is 97.6 Å². The van der Waals surface area contributed by atoms with Crippen molar-refractivity contribution in [2.24, 2.45) is 5.41 Å². The third-order valence-corrected chi connectivity index (χ3v) is 9.42. The van der Waals surface area contributed by atoms with Crippen molar-refractivity contribution in [3.8, 4) is 11.5 Å². The molecule has 2 aromatic carbocycles. The van der Waals surface area contributed by atoms with Gasteiger partial charge in [0.15, 0.2) is 0 Å². The van der Waals surface area contributed by atoms with Crippen molar-refractivity contribution in [2.75, 3.05) is 145 Å². The Morgan fingerprint density at radius 2 is 0.714 bits per heavy atom. The third-order valence-electron chi connectivity index (χ3n) is 9.42. The van der Waals surface area contributed by atoms with E-state index >= 15 is 0 Å². The highest BCUT2D eigenvalue weighted by atomic mass is 16.6. The summed E-state index contributed by atoms with van der Waals surface area (Å²) in [5, 5.41) is 17.2. The summed E-state index contributed by atoms with van der Waals surface area (Å²) in [7, 11) is 0. The van der Waals surface area contributed by atoms with Gasteiger partial charge in [0.2, 0.25) is 0 Å². The molecule has 0 heterocycles. The van der Waals surface area contributed by atoms with Gasteiger partial charge in [-0.2, -0.15) is 0 Å². The zero-order valence-electron chi connectivity index (χ0n) is 40.2. The molecule has 0 bridgehead atoms. The fourth-order valence-electron chi connectivity index (χ4n) is 6.60. The minimum absolute atomic E-state index is 0.0270. The van der Waals surface area contributed by atoms with Crippen LogP contribution in [0.15, 0.2) is 48.5 Å². The van der Waals surface area contributed by atoms with Crippen LogP contribution in [-0.2, 0) is 54.5 Å². The summed E-state index contributed by atoms with van der Waals surface area (Å²) in [6, 6.07) is 16.6. The first-order valence-electron chi connectivity index (χ1n) is 23.5. The third kappa shape index (κ3) is 37.5. The van der Waals surface area contributed by atoms with Gasteiger partial charge in [0, 0.05) is 0 Å². The van der Waals surface area contributed by atoms with Crippen molar-refractivity contribution < 1.29 is 62.3 Å². The number of ether oxygens (including phenoxy) is 11. The number of unbranched alkanes of at least 4 members (excludes halogenated alkanes) is 5. The Kier molecular flexibility index (Phi) is 38.2. The van der Waals surface area contributed by atoms with Gasteiger partial charge >= 0.3 is 0 Å². The fraction of sp³-hybridized carbons (Fsp3) is 0.760. The SMILES string of the molecule is CC(C)(C)CC(C)(C)c1ccc(OCCOCCOCCOCCOCCOCCOCCOCCOCCOCCO)cc1.CCCCCCCCc1ccc(OCCO)cc1. The Hall–Kier alpha value is -2.40. The number of rotatable bonds is 42. The van der Waals surface area contributed by atoms with Crippen LogP contribution in [-0.4, -0.2) is 156 Å². The normalized spacial score (nSPS) is 11.7. The molecule has 0 aliphatic carbocycles. The van der Waals surface area contributed by atoms with Gasteiger partial charge < -0.3 is 62.3 Å². The second kappa shape index (κ2) is 41.1. The van der Waals surface area contributed by atoms with Crippen LogP contribution in [0.5, 0.6) is 11.5 Å². The minimum Gasteiger partial charge on any atom is -0.491 e. The summed E-state index contributed by atoms with van der Waals surface area (Å²) in [5.74, 6) is 1.70. The van der Waals surface area contributed by atoms with Gasteiger partial charge in [-0.3, -0.25) is 0 Å². The summed E-state index contributed by atoms with van der Waals surface area (Å²) in [6.07, 6.45) is 10.3. The van der Waals surface area contributed by atoms with E-state index in [0.29, 0.717) is 132 Å². The predicted molar refractivity (Wildman–Crippen MR) is 250 cm³/mol. The largest absolute Gasteiger partial charge is 0.491 e. The molecule has 0 atom stereocenters. The molecule has 0 spiro atoms. The van der Waals surface area contributed by atoms with Crippen molar-refractivity contribution >= 4 is 0 Å². The van der Waals surface area contributed by atoms with Crippen LogP contribution in [0.2, 0.25) is 0 Å². The van der Waals surface area contributed by atoms with Gasteiger partial charge in [-0.25, -0.2) is 0 Å². The lowest BCUT2D eigenvalue weighted by Crippen LogP contribution is -2.24. The van der Waals surface area contributed by atoms with Crippen LogP contribution in [0.25, 0.3) is 0 Å². The number of hydrogen-bond acceptors (Lipinski definition) is 13. The summed E-state index contributed by atoms with van der Waals surface area (Å²) in [4.78, 5) is 0. The Balaban J connectivity index is 0.000000913. The molecule has 2 N–H and O–H groups in total. The first-order valence-corrected chi connectivity index (χ1v) is 23.5. The van der Waals surface area contributed by atoms with E-state index in [0.717, 1.165) is 24.3 Å². The van der Waals surface area contributed by atoms with E-state index in [-0.39, 0.29) is 24.0 Å². The van der Waals surface area contributed by atoms with Crippen molar-refractivity contribution in [2.45, 2.75) is 98.3 Å². The zero-order valence-corrected chi connectivity index (χ0v) is 40.2. The van der Waals surface area contributed by atoms with E-state index in [1.165, 1.54) is 49.7 Å². The lowest BCUT2D eigenvalue weighted by Gasteiger charge is -2.33. The smallest absolute Gasteiger partial charge is 0.119 e. The molecule has 13 nitrogen and oxygen atoms in total. The maximum absolute atomic E-state index is 8.66. The molecule has 0 aromatic heterocycles. The maximum atomic E-state index is 8.66. The van der Waals surface area contributed by atoms with E-state index in [1.54, 1.807) is 0 Å². The van der Waals surface area contributed by atoms with Gasteiger partial charge in [0.1, 0.15) is 24.7 Å². The Labute approximate surface area is 381 Å². The van der Waals surface area contributed by atoms with Gasteiger partial charge in [-0.1, -0.05) is 97.9 Å². The maximum Gasteiger partial charge on any atom is 0.119 e. The van der Waals surface area contributed by atoms with Crippen molar-refractivity contribution in [1.29, 1.82) is 0 Å². The molecule has 2 rings (SSSR count). The summed E-state index contributed by atoms with van der Waals surface area (Å²) >= 11 is 0. The van der Waals surface area contributed by atoms with Crippen LogP contribution >= 0.6 is 0 Å². The fourth-order valence-corrected chi connectivity index (χ4v) is 6.60. The Morgan fingerprint density at radius 3 is 1.10 bits per heavy atom. The second-order valence-electron chi connectivity index (χ2n) is 17.0. The van der Waals surface area contributed by atoms with E-state index in [1.807, 2.05) is 24.3 Å². The number of aryl methyl sites for hydroxylation is 1. The molecule has 0 saturated carbocycles. The first kappa shape index (κ1) is 58.6. The molecule has 0 amide bonds. The van der Waals surface area contributed by atoms with Crippen LogP contribution in [0, 0.1) is 5.41 Å². The summed E-state index contributed by atoms with van der Waals surface area (Å²) in [6.45, 7) is 23.6. The minimum atomic E-state index is 0.0270. The lowest BCUT2D eigenvalue weighted by atomic mass is 9.72. The average molecular weight is 897 g/mol. The summed E-state index contributed by atoms with van der Waals surface area (Å²) in [5.41, 5.74) is 3.11. The van der Waals surface area contributed by atoms with Crippen molar-refractivity contribution in [1.82, 2.24) is 0 Å². The quantitative estimate of drug-likeness (QED) is 0.0625. The molecular formula is C50H88O13. The van der Waals surface area contributed by atoms with Crippen LogP contribution < -0.4 is 9.47 Å². The molecule has 0 unspecified atom stereocenters. The average Bonchev–Trinajstić information content (AvgIpc) is 3.26. The number of aliphatic hydroxyl groups is 2. The predicted octanol–water partition coefficient (Wildman–Crippen LogP) is 7.88. The molecular weight excluding hydrogens is 809 g/mol. The lowest BCUT2D eigenvalue weighted by molar-refractivity contribution is -0.0258. The molecule has 0 fully saturated rings. The van der Waals surface area contributed by atoms with Crippen LogP contribution in [0.4, 0.5) is 0 Å². The molecule has 366 valence electrons. The first-order chi connectivity index (χ1) is 30.6. The van der Waals surface area contributed by atoms with E-state index in [4.69, 9.17) is 62.3 Å². The highest BCUT2D eigenvalue weighted by molar-refractivity contribution is 5.32. The molecule has 13 heteroatoms. The van der Waals surface area contributed by atoms with Gasteiger partial charge in [-0.05, 0) is 65.5 Å². The van der Waals surface area contributed by atoms with Crippen molar-refractivity contribution in [3.05, 3.63) is 59.7 Å². The highest BCUT2D eigenvalue weighted by Crippen LogP contribution is 2.36. The zero-order chi connectivity index (χ0) is 46.0. The molecule has 0 aliphatic rings. The Bertz CT molecular complexity index is 1240.